The average Bonchev–Trinajstić information content (AvgIpc) is 3.08. The zero-order valence-corrected chi connectivity index (χ0v) is 12.6. The van der Waals surface area contributed by atoms with Gasteiger partial charge in [0, 0.05) is 15.1 Å². The van der Waals surface area contributed by atoms with Crippen LogP contribution in [0.4, 0.5) is 5.69 Å². The lowest BCUT2D eigenvalue weighted by Crippen LogP contribution is -1.89. The monoisotopic (exact) mass is 351 g/mol. The van der Waals surface area contributed by atoms with Crippen molar-refractivity contribution in [2.75, 3.05) is 5.73 Å². The van der Waals surface area contributed by atoms with E-state index in [0.717, 1.165) is 15.1 Å². The van der Waals surface area contributed by atoms with E-state index in [1.54, 1.807) is 30.2 Å². The lowest BCUT2D eigenvalue weighted by atomic mass is 10.3. The molecule has 0 unspecified atom stereocenters. The Kier molecular flexibility index (Phi) is 3.79. The molecule has 0 saturated heterocycles. The minimum Gasteiger partial charge on any atom is -0.461 e. The van der Waals surface area contributed by atoms with Gasteiger partial charge in [-0.05, 0) is 30.3 Å². The number of benzene rings is 1. The van der Waals surface area contributed by atoms with E-state index in [4.69, 9.17) is 14.7 Å². The number of hydrogen-bond donors (Lipinski definition) is 1. The maximum Gasteiger partial charge on any atom is 0.238 e. The van der Waals surface area contributed by atoms with Crippen molar-refractivity contribution in [3.8, 4) is 11.6 Å². The molecule has 2 aromatic heterocycles. The van der Waals surface area contributed by atoms with E-state index in [1.165, 1.54) is 0 Å². The normalized spacial score (nSPS) is 10.8. The Morgan fingerprint density at radius 2 is 2.20 bits per heavy atom. The highest BCUT2D eigenvalue weighted by Crippen LogP contribution is 2.30. The van der Waals surface area contributed by atoms with Crippen molar-refractivity contribution in [2.24, 2.45) is 0 Å². The van der Waals surface area contributed by atoms with E-state index in [-0.39, 0.29) is 0 Å². The molecule has 0 saturated carbocycles. The van der Waals surface area contributed by atoms with Gasteiger partial charge in [0.05, 0.1) is 12.0 Å². The van der Waals surface area contributed by atoms with Gasteiger partial charge in [0.1, 0.15) is 0 Å². The number of furan rings is 1. The number of nitrogen functional groups attached to an aromatic ring is 1. The van der Waals surface area contributed by atoms with Crippen molar-refractivity contribution in [1.82, 2.24) is 10.1 Å². The van der Waals surface area contributed by atoms with Crippen molar-refractivity contribution in [3.05, 3.63) is 47.0 Å². The summed E-state index contributed by atoms with van der Waals surface area (Å²) in [5, 5.41) is 3.88. The summed E-state index contributed by atoms with van der Waals surface area (Å²) >= 11 is 4.92. The van der Waals surface area contributed by atoms with Crippen LogP contribution in [0.2, 0.25) is 0 Å². The maximum absolute atomic E-state index is 5.94. The Morgan fingerprint density at radius 1 is 1.30 bits per heavy atom. The van der Waals surface area contributed by atoms with E-state index < -0.39 is 0 Å². The van der Waals surface area contributed by atoms with Gasteiger partial charge in [0.2, 0.25) is 11.7 Å². The van der Waals surface area contributed by atoms with E-state index in [0.29, 0.717) is 23.2 Å². The number of anilines is 1. The second-order valence-electron chi connectivity index (χ2n) is 3.96. The van der Waals surface area contributed by atoms with Gasteiger partial charge in [-0.15, -0.1) is 11.8 Å². The topological polar surface area (TPSA) is 78.1 Å². The molecule has 0 spiro atoms. The first-order chi connectivity index (χ1) is 9.72. The van der Waals surface area contributed by atoms with Crippen molar-refractivity contribution in [3.63, 3.8) is 0 Å². The highest BCUT2D eigenvalue weighted by atomic mass is 79.9. The van der Waals surface area contributed by atoms with Crippen LogP contribution in [0, 0.1) is 0 Å². The molecule has 20 heavy (non-hydrogen) atoms. The standard InChI is InChI=1S/C13H10BrN3O2S/c14-8-3-4-11(9(15)6-8)20-7-12-16-13(17-19-12)10-2-1-5-18-10/h1-6H,7,15H2. The van der Waals surface area contributed by atoms with Gasteiger partial charge in [-0.2, -0.15) is 4.98 Å². The van der Waals surface area contributed by atoms with Crippen LogP contribution in [-0.2, 0) is 5.75 Å². The number of nitrogens with zero attached hydrogens (tertiary/aromatic N) is 2. The van der Waals surface area contributed by atoms with Gasteiger partial charge in [0.15, 0.2) is 5.76 Å². The van der Waals surface area contributed by atoms with Crippen LogP contribution in [0.3, 0.4) is 0 Å². The molecule has 0 bridgehead atoms. The molecule has 0 radical (unpaired) electrons. The summed E-state index contributed by atoms with van der Waals surface area (Å²) in [4.78, 5) is 5.25. The SMILES string of the molecule is Nc1cc(Br)ccc1SCc1nc(-c2ccco2)no1. The van der Waals surface area contributed by atoms with Gasteiger partial charge in [-0.25, -0.2) is 0 Å². The summed E-state index contributed by atoms with van der Waals surface area (Å²) in [6.45, 7) is 0. The zero-order chi connectivity index (χ0) is 13.9. The predicted molar refractivity (Wildman–Crippen MR) is 80.1 cm³/mol. The second-order valence-corrected chi connectivity index (χ2v) is 5.89. The Morgan fingerprint density at radius 3 is 2.95 bits per heavy atom. The van der Waals surface area contributed by atoms with Crippen molar-refractivity contribution in [1.29, 1.82) is 0 Å². The number of rotatable bonds is 4. The van der Waals surface area contributed by atoms with E-state index in [1.807, 2.05) is 18.2 Å². The molecule has 0 amide bonds. The summed E-state index contributed by atoms with van der Waals surface area (Å²) in [6.07, 6.45) is 1.57. The highest BCUT2D eigenvalue weighted by Gasteiger charge is 2.11. The molecule has 0 fully saturated rings. The Bertz CT molecular complexity index is 712. The first-order valence-corrected chi connectivity index (χ1v) is 7.54. The number of nitrogens with two attached hydrogens (primary N) is 1. The van der Waals surface area contributed by atoms with Crippen molar-refractivity contribution >= 4 is 33.4 Å². The Hall–Kier alpha value is -1.73. The lowest BCUT2D eigenvalue weighted by molar-refractivity contribution is 0.390. The molecule has 5 nitrogen and oxygen atoms in total. The van der Waals surface area contributed by atoms with Gasteiger partial charge in [-0.1, -0.05) is 21.1 Å². The first kappa shape index (κ1) is 13.3. The fraction of sp³-hybridized carbons (Fsp3) is 0.0769. The summed E-state index contributed by atoms with van der Waals surface area (Å²) in [5.74, 6) is 2.13. The molecule has 1 aromatic carbocycles. The van der Waals surface area contributed by atoms with E-state index in [2.05, 4.69) is 26.1 Å². The number of thioether (sulfide) groups is 1. The van der Waals surface area contributed by atoms with Gasteiger partial charge >= 0.3 is 0 Å². The molecular weight excluding hydrogens is 342 g/mol. The fourth-order valence-electron chi connectivity index (χ4n) is 1.61. The van der Waals surface area contributed by atoms with E-state index >= 15 is 0 Å². The molecule has 3 rings (SSSR count). The van der Waals surface area contributed by atoms with Crippen molar-refractivity contribution in [2.45, 2.75) is 10.6 Å². The smallest absolute Gasteiger partial charge is 0.238 e. The molecule has 0 aliphatic rings. The predicted octanol–water partition coefficient (Wildman–Crippen LogP) is 3.97. The van der Waals surface area contributed by atoms with Crippen LogP contribution in [0.25, 0.3) is 11.6 Å². The van der Waals surface area contributed by atoms with Crippen LogP contribution in [0.5, 0.6) is 0 Å². The van der Waals surface area contributed by atoms with E-state index in [9.17, 15) is 0 Å². The molecule has 2 N–H and O–H groups in total. The molecule has 102 valence electrons. The summed E-state index contributed by atoms with van der Waals surface area (Å²) in [5.41, 5.74) is 6.65. The molecule has 2 heterocycles. The quantitative estimate of drug-likeness (QED) is 0.566. The largest absolute Gasteiger partial charge is 0.461 e. The molecule has 0 atom stereocenters. The first-order valence-electron chi connectivity index (χ1n) is 5.76. The molecule has 0 aliphatic carbocycles. The van der Waals surface area contributed by atoms with Crippen LogP contribution < -0.4 is 5.73 Å². The van der Waals surface area contributed by atoms with Gasteiger partial charge in [-0.3, -0.25) is 0 Å². The Balaban J connectivity index is 1.70. The number of aromatic nitrogens is 2. The third-order valence-corrected chi connectivity index (χ3v) is 4.10. The van der Waals surface area contributed by atoms with Crippen LogP contribution >= 0.6 is 27.7 Å². The van der Waals surface area contributed by atoms with Crippen LogP contribution in [-0.4, -0.2) is 10.1 Å². The maximum atomic E-state index is 5.94. The summed E-state index contributed by atoms with van der Waals surface area (Å²) in [7, 11) is 0. The van der Waals surface area contributed by atoms with Gasteiger partial charge < -0.3 is 14.7 Å². The van der Waals surface area contributed by atoms with Crippen LogP contribution in [0.1, 0.15) is 5.89 Å². The second kappa shape index (κ2) is 5.72. The minimum absolute atomic E-state index is 0.453. The minimum atomic E-state index is 0.453. The zero-order valence-electron chi connectivity index (χ0n) is 10.2. The van der Waals surface area contributed by atoms with Crippen molar-refractivity contribution < 1.29 is 8.94 Å². The van der Waals surface area contributed by atoms with Gasteiger partial charge in [0.25, 0.3) is 0 Å². The number of hydrogen-bond acceptors (Lipinski definition) is 6. The molecular formula is C13H10BrN3O2S. The number of halogens is 1. The third kappa shape index (κ3) is 2.88. The van der Waals surface area contributed by atoms with Crippen LogP contribution in [0.15, 0.2) is 54.9 Å². The average molecular weight is 352 g/mol. The fourth-order valence-corrected chi connectivity index (χ4v) is 2.77. The third-order valence-electron chi connectivity index (χ3n) is 2.53. The summed E-state index contributed by atoms with van der Waals surface area (Å²) < 4.78 is 11.3. The molecule has 0 aliphatic heterocycles. The molecule has 7 heteroatoms. The Labute approximate surface area is 127 Å². The lowest BCUT2D eigenvalue weighted by Gasteiger charge is -2.03. The summed E-state index contributed by atoms with van der Waals surface area (Å²) in [6, 6.07) is 9.33. The molecule has 3 aromatic rings. The highest BCUT2D eigenvalue weighted by molar-refractivity contribution is 9.10.